The number of aromatic nitrogens is 5. The van der Waals surface area contributed by atoms with Crippen LogP contribution in [0.4, 0.5) is 5.82 Å². The van der Waals surface area contributed by atoms with Gasteiger partial charge in [0.05, 0.1) is 25.9 Å². The summed E-state index contributed by atoms with van der Waals surface area (Å²) in [6, 6.07) is 3.88. The zero-order valence-corrected chi connectivity index (χ0v) is 26.1. The maximum atomic E-state index is 12.6. The van der Waals surface area contributed by atoms with Gasteiger partial charge in [-0.2, -0.15) is 9.97 Å². The first-order valence-corrected chi connectivity index (χ1v) is 17.2. The van der Waals surface area contributed by atoms with Crippen LogP contribution in [0.2, 0.25) is 13.1 Å². The smallest absolute Gasteiger partial charge is 0.328 e. The summed E-state index contributed by atoms with van der Waals surface area (Å²) >= 11 is 0. The highest BCUT2D eigenvalue weighted by molar-refractivity contribution is 6.48. The summed E-state index contributed by atoms with van der Waals surface area (Å²) < 4.78 is 19.2. The summed E-state index contributed by atoms with van der Waals surface area (Å²) in [5.41, 5.74) is 7.52. The molecular weight excluding hydrogens is 526 g/mol. The molecule has 0 aliphatic carbocycles. The summed E-state index contributed by atoms with van der Waals surface area (Å²) in [6.07, 6.45) is 6.86. The third-order valence-electron chi connectivity index (χ3n) is 6.48. The van der Waals surface area contributed by atoms with E-state index in [-0.39, 0.29) is 29.5 Å². The number of pyridine rings is 1. The second-order valence-electron chi connectivity index (χ2n) is 11.4. The van der Waals surface area contributed by atoms with E-state index in [0.717, 1.165) is 50.8 Å². The third kappa shape index (κ3) is 9.60. The molecule has 3 heterocycles. The first-order chi connectivity index (χ1) is 19.1. The van der Waals surface area contributed by atoms with Crippen LogP contribution in [0, 0.1) is 5.41 Å². The highest BCUT2D eigenvalue weighted by Crippen LogP contribution is 2.25. The van der Waals surface area contributed by atoms with Crippen LogP contribution in [-0.2, 0) is 11.0 Å². The lowest BCUT2D eigenvalue weighted by Gasteiger charge is -2.32. The van der Waals surface area contributed by atoms with E-state index in [1.165, 1.54) is 4.57 Å². The largest absolute Gasteiger partial charge is 0.478 e. The van der Waals surface area contributed by atoms with Gasteiger partial charge < -0.3 is 29.9 Å². The first kappa shape index (κ1) is 31.6. The number of hydrogen-bond acceptors (Lipinski definition) is 9. The highest BCUT2D eigenvalue weighted by atomic mass is 28.3. The molecular formula is C28H47N7O4Si. The SMILES string of the molecule is CCCCOc1nc(N)c2[nH]c(=O)n(Cc3ccc(OCCCCNCCC(O[SiH](C)C)C(C)(C)C)nc3)c2n1. The number of H-pyrrole nitrogens is 1. The average molecular weight is 574 g/mol. The Kier molecular flexibility index (Phi) is 12.0. The van der Waals surface area contributed by atoms with Crippen LogP contribution in [0.5, 0.6) is 11.9 Å². The summed E-state index contributed by atoms with van der Waals surface area (Å²) in [5, 5.41) is 3.53. The second-order valence-corrected chi connectivity index (χ2v) is 13.8. The van der Waals surface area contributed by atoms with E-state index in [1.54, 1.807) is 6.20 Å². The Morgan fingerprint density at radius 3 is 2.55 bits per heavy atom. The van der Waals surface area contributed by atoms with Gasteiger partial charge in [0.2, 0.25) is 5.88 Å². The molecule has 3 aromatic rings. The minimum atomic E-state index is -1.05. The molecule has 0 aromatic carbocycles. The molecule has 0 spiro atoms. The van der Waals surface area contributed by atoms with Gasteiger partial charge in [0.25, 0.3) is 0 Å². The van der Waals surface area contributed by atoms with E-state index in [9.17, 15) is 4.79 Å². The maximum absolute atomic E-state index is 12.6. The van der Waals surface area contributed by atoms with Gasteiger partial charge in [0, 0.05) is 12.3 Å². The van der Waals surface area contributed by atoms with Crippen molar-refractivity contribution < 1.29 is 13.9 Å². The fraction of sp³-hybridized carbons (Fsp3) is 0.643. The number of nitrogens with one attached hydrogen (secondary N) is 2. The average Bonchev–Trinajstić information content (AvgIpc) is 3.20. The Balaban J connectivity index is 1.43. The first-order valence-electron chi connectivity index (χ1n) is 14.4. The number of unbranched alkanes of at least 4 members (excludes halogenated alkanes) is 2. The van der Waals surface area contributed by atoms with Crippen LogP contribution in [0.25, 0.3) is 11.2 Å². The van der Waals surface area contributed by atoms with Crippen molar-refractivity contribution in [2.24, 2.45) is 5.41 Å². The van der Waals surface area contributed by atoms with Gasteiger partial charge >= 0.3 is 11.7 Å². The van der Waals surface area contributed by atoms with Crippen molar-refractivity contribution >= 4 is 26.0 Å². The Morgan fingerprint density at radius 1 is 1.10 bits per heavy atom. The molecule has 12 heteroatoms. The number of aromatic amines is 1. The molecule has 4 N–H and O–H groups in total. The van der Waals surface area contributed by atoms with Gasteiger partial charge in [-0.15, -0.1) is 0 Å². The van der Waals surface area contributed by atoms with E-state index in [0.29, 0.717) is 36.4 Å². The standard InChI is InChI=1S/C28H47N7O4Si/c1-7-8-16-38-26-33-24(29)23-25(34-26)35(27(36)32-23)19-20-11-12-22(31-18-20)37-17-10-9-14-30-15-13-21(28(2,3)4)39-40(5)6/h11-12,18,21,30,40H,7-10,13-17,19H2,1-6H3,(H,32,36)(H2,29,33,34). The topological polar surface area (TPSA) is 142 Å². The Hall–Kier alpha value is -2.96. The zero-order valence-electron chi connectivity index (χ0n) is 25.0. The number of fused-ring (bicyclic) bond motifs is 1. The van der Waals surface area contributed by atoms with Crippen molar-refractivity contribution in [2.45, 2.75) is 85.5 Å². The summed E-state index contributed by atoms with van der Waals surface area (Å²) in [5.74, 6) is 0.740. The normalized spacial score (nSPS) is 12.8. The number of ether oxygens (including phenoxy) is 2. The van der Waals surface area contributed by atoms with Gasteiger partial charge in [-0.25, -0.2) is 9.78 Å². The predicted molar refractivity (Wildman–Crippen MR) is 162 cm³/mol. The Morgan fingerprint density at radius 2 is 1.88 bits per heavy atom. The van der Waals surface area contributed by atoms with Crippen molar-refractivity contribution in [1.29, 1.82) is 0 Å². The van der Waals surface area contributed by atoms with Crippen LogP contribution in [0.15, 0.2) is 23.1 Å². The highest BCUT2D eigenvalue weighted by Gasteiger charge is 2.25. The molecule has 11 nitrogen and oxygen atoms in total. The van der Waals surface area contributed by atoms with Crippen LogP contribution >= 0.6 is 0 Å². The molecule has 222 valence electrons. The number of imidazole rings is 1. The van der Waals surface area contributed by atoms with Crippen LogP contribution in [0.1, 0.15) is 65.4 Å². The molecule has 1 atom stereocenters. The summed E-state index contributed by atoms with van der Waals surface area (Å²) in [6.45, 7) is 16.6. The molecule has 40 heavy (non-hydrogen) atoms. The molecule has 3 aromatic heterocycles. The molecule has 0 saturated carbocycles. The molecule has 0 fully saturated rings. The number of nitrogens with two attached hydrogens (primary N) is 1. The molecule has 3 rings (SSSR count). The summed E-state index contributed by atoms with van der Waals surface area (Å²) in [4.78, 5) is 28.3. The maximum Gasteiger partial charge on any atom is 0.328 e. The van der Waals surface area contributed by atoms with E-state index >= 15 is 0 Å². The number of rotatable bonds is 17. The van der Waals surface area contributed by atoms with Crippen LogP contribution in [0.3, 0.4) is 0 Å². The van der Waals surface area contributed by atoms with E-state index in [4.69, 9.17) is 19.6 Å². The van der Waals surface area contributed by atoms with Gasteiger partial charge in [0.15, 0.2) is 20.5 Å². The minimum Gasteiger partial charge on any atom is -0.478 e. The third-order valence-corrected chi connectivity index (χ3v) is 7.35. The number of anilines is 1. The number of nitrogens with zero attached hydrogens (tertiary/aromatic N) is 4. The molecule has 0 radical (unpaired) electrons. The van der Waals surface area contributed by atoms with Crippen LogP contribution < -0.4 is 26.2 Å². The van der Waals surface area contributed by atoms with Gasteiger partial charge in [-0.05, 0) is 62.8 Å². The van der Waals surface area contributed by atoms with Crippen molar-refractivity contribution in [2.75, 3.05) is 32.0 Å². The molecule has 0 amide bonds. The van der Waals surface area contributed by atoms with Gasteiger partial charge in [-0.1, -0.05) is 40.2 Å². The van der Waals surface area contributed by atoms with Crippen molar-refractivity contribution in [3.05, 3.63) is 34.4 Å². The van der Waals surface area contributed by atoms with Crippen molar-refractivity contribution in [3.63, 3.8) is 0 Å². The lowest BCUT2D eigenvalue weighted by Crippen LogP contribution is -2.36. The fourth-order valence-electron chi connectivity index (χ4n) is 4.24. The second kappa shape index (κ2) is 15.2. The van der Waals surface area contributed by atoms with E-state index < -0.39 is 9.04 Å². The number of nitrogen functional groups attached to an aromatic ring is 1. The monoisotopic (exact) mass is 573 g/mol. The predicted octanol–water partition coefficient (Wildman–Crippen LogP) is 3.88. The lowest BCUT2D eigenvalue weighted by molar-refractivity contribution is 0.0786. The molecule has 0 bridgehead atoms. The van der Waals surface area contributed by atoms with E-state index in [1.807, 2.05) is 12.1 Å². The molecule has 0 aliphatic rings. The van der Waals surface area contributed by atoms with Gasteiger partial charge in [0.1, 0.15) is 5.52 Å². The minimum absolute atomic E-state index is 0.162. The Bertz CT molecular complexity index is 1240. The zero-order chi connectivity index (χ0) is 29.1. The van der Waals surface area contributed by atoms with E-state index in [2.05, 4.69) is 66.0 Å². The van der Waals surface area contributed by atoms with Gasteiger partial charge in [-0.3, -0.25) is 4.57 Å². The molecule has 0 aliphatic heterocycles. The molecule has 1 unspecified atom stereocenters. The quantitative estimate of drug-likeness (QED) is 0.162. The van der Waals surface area contributed by atoms with Crippen molar-refractivity contribution in [1.82, 2.24) is 29.8 Å². The molecule has 0 saturated heterocycles. The number of hydrogen-bond donors (Lipinski definition) is 3. The van der Waals surface area contributed by atoms with Crippen LogP contribution in [-0.4, -0.2) is 66.0 Å². The van der Waals surface area contributed by atoms with Crippen molar-refractivity contribution in [3.8, 4) is 11.9 Å². The fourth-order valence-corrected chi connectivity index (χ4v) is 5.44. The Labute approximate surface area is 239 Å². The lowest BCUT2D eigenvalue weighted by atomic mass is 9.87. The summed E-state index contributed by atoms with van der Waals surface area (Å²) in [7, 11) is -1.05.